The van der Waals surface area contributed by atoms with Crippen molar-refractivity contribution in [2.45, 2.75) is 58.7 Å². The first-order valence-corrected chi connectivity index (χ1v) is 8.11. The van der Waals surface area contributed by atoms with Gasteiger partial charge in [0.2, 0.25) is 0 Å². The zero-order chi connectivity index (χ0) is 15.9. The molecule has 2 N–H and O–H groups in total. The van der Waals surface area contributed by atoms with Gasteiger partial charge in [-0.2, -0.15) is 0 Å². The van der Waals surface area contributed by atoms with Gasteiger partial charge >= 0.3 is 0 Å². The fraction of sp³-hybridized carbons (Fsp3) is 0.800. The Hall–Kier alpha value is -1.63. The lowest BCUT2D eigenvalue weighted by Crippen LogP contribution is -2.44. The highest BCUT2D eigenvalue weighted by molar-refractivity contribution is 5.80. The zero-order valence-electron chi connectivity index (χ0n) is 14.1. The largest absolute Gasteiger partial charge is 0.376 e. The third kappa shape index (κ3) is 4.69. The van der Waals surface area contributed by atoms with Gasteiger partial charge in [0.25, 0.3) is 0 Å². The van der Waals surface area contributed by atoms with E-state index in [1.807, 2.05) is 18.5 Å². The number of ether oxygens (including phenoxy) is 1. The summed E-state index contributed by atoms with van der Waals surface area (Å²) in [6.45, 7) is 8.41. The molecule has 2 unspecified atom stereocenters. The summed E-state index contributed by atoms with van der Waals surface area (Å²) in [4.78, 5) is 4.63. The lowest BCUT2D eigenvalue weighted by atomic mass is 10.2. The maximum atomic E-state index is 5.65. The Bertz CT molecular complexity index is 492. The van der Waals surface area contributed by atoms with Crippen molar-refractivity contribution in [1.29, 1.82) is 0 Å². The Morgan fingerprint density at radius 2 is 2.32 bits per heavy atom. The number of hydrogen-bond donors (Lipinski definition) is 2. The van der Waals surface area contributed by atoms with Crippen LogP contribution in [-0.4, -0.2) is 46.0 Å². The van der Waals surface area contributed by atoms with E-state index in [2.05, 4.69) is 39.7 Å². The second kappa shape index (κ2) is 8.12. The lowest BCUT2D eigenvalue weighted by Gasteiger charge is -2.18. The van der Waals surface area contributed by atoms with E-state index in [9.17, 15) is 0 Å². The van der Waals surface area contributed by atoms with Gasteiger partial charge in [-0.25, -0.2) is 4.99 Å². The van der Waals surface area contributed by atoms with Crippen molar-refractivity contribution in [3.63, 3.8) is 0 Å². The zero-order valence-corrected chi connectivity index (χ0v) is 14.1. The summed E-state index contributed by atoms with van der Waals surface area (Å²) in [5, 5.41) is 15.0. The van der Waals surface area contributed by atoms with E-state index in [0.29, 0.717) is 18.7 Å². The Labute approximate surface area is 132 Å². The SMILES string of the molecule is CCC(C)NC(=NCc1nnc(C)n1C)NCC1CCCO1. The number of nitrogens with one attached hydrogen (secondary N) is 2. The van der Waals surface area contributed by atoms with Crippen LogP contribution in [0.15, 0.2) is 4.99 Å². The van der Waals surface area contributed by atoms with Crippen LogP contribution in [0.5, 0.6) is 0 Å². The number of rotatable bonds is 6. The van der Waals surface area contributed by atoms with Gasteiger partial charge in [0, 0.05) is 26.2 Å². The van der Waals surface area contributed by atoms with E-state index in [-0.39, 0.29) is 0 Å². The fourth-order valence-electron chi connectivity index (χ4n) is 2.24. The molecule has 0 spiro atoms. The van der Waals surface area contributed by atoms with Gasteiger partial charge in [-0.05, 0) is 33.1 Å². The van der Waals surface area contributed by atoms with Crippen molar-refractivity contribution >= 4 is 5.96 Å². The molecule has 1 aromatic heterocycles. The highest BCUT2D eigenvalue weighted by Crippen LogP contribution is 2.10. The number of aromatic nitrogens is 3. The van der Waals surface area contributed by atoms with E-state index in [1.54, 1.807) is 0 Å². The minimum Gasteiger partial charge on any atom is -0.376 e. The number of nitrogens with zero attached hydrogens (tertiary/aromatic N) is 4. The van der Waals surface area contributed by atoms with Crippen molar-refractivity contribution in [3.05, 3.63) is 11.6 Å². The molecule has 0 radical (unpaired) electrons. The van der Waals surface area contributed by atoms with E-state index in [0.717, 1.165) is 50.0 Å². The molecule has 0 saturated carbocycles. The van der Waals surface area contributed by atoms with E-state index >= 15 is 0 Å². The molecule has 1 fully saturated rings. The minimum atomic E-state index is 0.293. The molecule has 1 aromatic rings. The van der Waals surface area contributed by atoms with Gasteiger partial charge in [-0.1, -0.05) is 6.92 Å². The molecular weight excluding hydrogens is 280 g/mol. The Morgan fingerprint density at radius 1 is 1.50 bits per heavy atom. The average Bonchev–Trinajstić information content (AvgIpc) is 3.14. The monoisotopic (exact) mass is 308 g/mol. The number of guanidine groups is 1. The molecule has 2 rings (SSSR count). The van der Waals surface area contributed by atoms with Crippen LogP contribution < -0.4 is 10.6 Å². The van der Waals surface area contributed by atoms with Gasteiger partial charge in [0.05, 0.1) is 6.10 Å². The Balaban J connectivity index is 1.95. The first-order valence-electron chi connectivity index (χ1n) is 8.11. The molecule has 1 aliphatic rings. The highest BCUT2D eigenvalue weighted by atomic mass is 16.5. The molecule has 1 aliphatic heterocycles. The Morgan fingerprint density at radius 3 is 2.91 bits per heavy atom. The topological polar surface area (TPSA) is 76.4 Å². The second-order valence-corrected chi connectivity index (χ2v) is 5.86. The van der Waals surface area contributed by atoms with Crippen LogP contribution in [0.4, 0.5) is 0 Å². The third-order valence-electron chi connectivity index (χ3n) is 4.08. The van der Waals surface area contributed by atoms with Gasteiger partial charge in [-0.3, -0.25) is 0 Å². The van der Waals surface area contributed by atoms with Gasteiger partial charge < -0.3 is 19.9 Å². The van der Waals surface area contributed by atoms with Crippen molar-refractivity contribution < 1.29 is 4.74 Å². The molecule has 124 valence electrons. The molecule has 0 amide bonds. The van der Waals surface area contributed by atoms with Crippen LogP contribution in [0.2, 0.25) is 0 Å². The maximum absolute atomic E-state index is 5.65. The summed E-state index contributed by atoms with van der Waals surface area (Å²) in [5.41, 5.74) is 0. The molecular formula is C15H28N6O. The maximum Gasteiger partial charge on any atom is 0.192 e. The molecule has 7 nitrogen and oxygen atoms in total. The van der Waals surface area contributed by atoms with Crippen LogP contribution in [0, 0.1) is 6.92 Å². The van der Waals surface area contributed by atoms with Crippen molar-refractivity contribution in [3.8, 4) is 0 Å². The van der Waals surface area contributed by atoms with Crippen LogP contribution >= 0.6 is 0 Å². The quantitative estimate of drug-likeness (QED) is 0.609. The molecule has 2 heterocycles. The minimum absolute atomic E-state index is 0.293. The summed E-state index contributed by atoms with van der Waals surface area (Å²) in [7, 11) is 1.96. The number of hydrogen-bond acceptors (Lipinski definition) is 4. The van der Waals surface area contributed by atoms with E-state index in [4.69, 9.17) is 4.74 Å². The van der Waals surface area contributed by atoms with Crippen molar-refractivity contribution in [2.75, 3.05) is 13.2 Å². The Kier molecular flexibility index (Phi) is 6.18. The second-order valence-electron chi connectivity index (χ2n) is 5.86. The molecule has 1 saturated heterocycles. The van der Waals surface area contributed by atoms with Gasteiger partial charge in [-0.15, -0.1) is 10.2 Å². The normalized spacial score (nSPS) is 20.2. The van der Waals surface area contributed by atoms with Crippen LogP contribution in [0.25, 0.3) is 0 Å². The fourth-order valence-corrected chi connectivity index (χ4v) is 2.24. The number of aryl methyl sites for hydroxylation is 1. The first-order chi connectivity index (χ1) is 10.6. The van der Waals surface area contributed by atoms with Crippen LogP contribution in [0.3, 0.4) is 0 Å². The van der Waals surface area contributed by atoms with E-state index in [1.165, 1.54) is 0 Å². The van der Waals surface area contributed by atoms with Crippen molar-refractivity contribution in [2.24, 2.45) is 12.0 Å². The van der Waals surface area contributed by atoms with Crippen molar-refractivity contribution in [1.82, 2.24) is 25.4 Å². The summed E-state index contributed by atoms with van der Waals surface area (Å²) >= 11 is 0. The van der Waals surface area contributed by atoms with Crippen LogP contribution in [0.1, 0.15) is 44.8 Å². The molecule has 0 bridgehead atoms. The summed E-state index contributed by atoms with van der Waals surface area (Å²) in [6, 6.07) is 0.372. The molecule has 7 heteroatoms. The van der Waals surface area contributed by atoms with Gasteiger partial charge in [0.1, 0.15) is 12.4 Å². The predicted molar refractivity (Wildman–Crippen MR) is 86.7 cm³/mol. The van der Waals surface area contributed by atoms with Gasteiger partial charge in [0.15, 0.2) is 11.8 Å². The molecule has 2 atom stereocenters. The first kappa shape index (κ1) is 16.7. The van der Waals surface area contributed by atoms with E-state index < -0.39 is 0 Å². The lowest BCUT2D eigenvalue weighted by molar-refractivity contribution is 0.113. The number of aliphatic imine (C=N–C) groups is 1. The van der Waals surface area contributed by atoms with Crippen LogP contribution in [-0.2, 0) is 18.3 Å². The summed E-state index contributed by atoms with van der Waals surface area (Å²) in [6.07, 6.45) is 3.60. The molecule has 0 aliphatic carbocycles. The standard InChI is InChI=1S/C15H28N6O/c1-5-11(2)18-15(16-9-13-7-6-8-22-13)17-10-14-20-19-12(3)21(14)4/h11,13H,5-10H2,1-4H3,(H2,16,17,18). The molecule has 22 heavy (non-hydrogen) atoms. The average molecular weight is 308 g/mol. The third-order valence-corrected chi connectivity index (χ3v) is 4.08. The predicted octanol–water partition coefficient (Wildman–Crippen LogP) is 1.14. The smallest absolute Gasteiger partial charge is 0.192 e. The highest BCUT2D eigenvalue weighted by Gasteiger charge is 2.16. The summed E-state index contributed by atoms with van der Waals surface area (Å²) < 4.78 is 7.61. The molecule has 0 aromatic carbocycles. The summed E-state index contributed by atoms with van der Waals surface area (Å²) in [5.74, 6) is 2.57.